The molecular weight excluding hydrogens is 461 g/mol. The lowest BCUT2D eigenvalue weighted by molar-refractivity contribution is -0.126. The Morgan fingerprint density at radius 2 is 1.71 bits per heavy atom. The molecule has 0 unspecified atom stereocenters. The summed E-state index contributed by atoms with van der Waals surface area (Å²) in [5.41, 5.74) is 1.87. The Morgan fingerprint density at radius 3 is 2.32 bits per heavy atom. The van der Waals surface area contributed by atoms with E-state index in [-0.39, 0.29) is 34.6 Å². The number of ether oxygens (including phenoxy) is 1. The van der Waals surface area contributed by atoms with Crippen molar-refractivity contribution in [1.29, 1.82) is 0 Å². The zero-order valence-corrected chi connectivity index (χ0v) is 20.2. The normalized spacial score (nSPS) is 19.2. The van der Waals surface area contributed by atoms with Crippen molar-refractivity contribution in [2.45, 2.75) is 56.5 Å². The maximum Gasteiger partial charge on any atom is 0.411 e. The first-order chi connectivity index (χ1) is 16.1. The molecular formula is C24H30FN3O5S. The molecule has 0 aliphatic heterocycles. The first-order valence-electron chi connectivity index (χ1n) is 11.1. The van der Waals surface area contributed by atoms with Gasteiger partial charge in [0.15, 0.2) is 0 Å². The molecule has 0 saturated heterocycles. The second-order valence-electron chi connectivity index (χ2n) is 8.54. The van der Waals surface area contributed by atoms with Crippen LogP contribution in [0.25, 0.3) is 0 Å². The number of sulfonamides is 1. The summed E-state index contributed by atoms with van der Waals surface area (Å²) in [7, 11) is -2.58. The van der Waals surface area contributed by atoms with Gasteiger partial charge in [-0.05, 0) is 74.9 Å². The van der Waals surface area contributed by atoms with E-state index in [0.717, 1.165) is 5.56 Å². The summed E-state index contributed by atoms with van der Waals surface area (Å²) in [5, 5.41) is 5.47. The lowest BCUT2D eigenvalue weighted by atomic mass is 9.85. The fourth-order valence-electron chi connectivity index (χ4n) is 3.99. The van der Waals surface area contributed by atoms with Crippen LogP contribution in [-0.2, 0) is 19.6 Å². The molecule has 1 saturated carbocycles. The van der Waals surface area contributed by atoms with Crippen molar-refractivity contribution >= 4 is 27.7 Å². The van der Waals surface area contributed by atoms with Crippen molar-refractivity contribution in [2.75, 3.05) is 12.4 Å². The smallest absolute Gasteiger partial charge is 0.411 e. The van der Waals surface area contributed by atoms with E-state index in [1.807, 2.05) is 6.92 Å². The number of anilines is 1. The SMILES string of the molecule is COC(=O)Nc1cc(S(=O)(=O)NC2CCC(C(=O)N[C@H](C)c3ccc(F)cc3)CC2)ccc1C. The number of carbonyl (C=O) groups excluding carboxylic acids is 2. The van der Waals surface area contributed by atoms with Crippen LogP contribution in [0.3, 0.4) is 0 Å². The number of aryl methyl sites for hydroxylation is 1. The van der Waals surface area contributed by atoms with Crippen molar-refractivity contribution in [2.24, 2.45) is 5.92 Å². The van der Waals surface area contributed by atoms with Crippen LogP contribution < -0.4 is 15.4 Å². The Bertz CT molecular complexity index is 1130. The maximum absolute atomic E-state index is 13.1. The van der Waals surface area contributed by atoms with Crippen LogP contribution in [0, 0.1) is 18.7 Å². The van der Waals surface area contributed by atoms with E-state index in [9.17, 15) is 22.4 Å². The number of carbonyl (C=O) groups is 2. The lowest BCUT2D eigenvalue weighted by Gasteiger charge is -2.29. The summed E-state index contributed by atoms with van der Waals surface area (Å²) in [6, 6.07) is 9.95. The lowest BCUT2D eigenvalue weighted by Crippen LogP contribution is -2.41. The highest BCUT2D eigenvalue weighted by atomic mass is 32.2. The van der Waals surface area contributed by atoms with Crippen LogP contribution in [-0.4, -0.2) is 33.6 Å². The van der Waals surface area contributed by atoms with E-state index in [1.54, 1.807) is 25.1 Å². The highest BCUT2D eigenvalue weighted by Gasteiger charge is 2.30. The van der Waals surface area contributed by atoms with Crippen molar-refractivity contribution in [3.63, 3.8) is 0 Å². The topological polar surface area (TPSA) is 114 Å². The van der Waals surface area contributed by atoms with Gasteiger partial charge in [0.25, 0.3) is 0 Å². The minimum absolute atomic E-state index is 0.0393. The van der Waals surface area contributed by atoms with Crippen LogP contribution in [0.4, 0.5) is 14.9 Å². The fraction of sp³-hybridized carbons (Fsp3) is 0.417. The second-order valence-corrected chi connectivity index (χ2v) is 10.3. The third-order valence-electron chi connectivity index (χ3n) is 6.09. The van der Waals surface area contributed by atoms with Gasteiger partial charge >= 0.3 is 6.09 Å². The predicted octanol–water partition coefficient (Wildman–Crippen LogP) is 4.03. The van der Waals surface area contributed by atoms with E-state index >= 15 is 0 Å². The van der Waals surface area contributed by atoms with E-state index in [0.29, 0.717) is 36.9 Å². The van der Waals surface area contributed by atoms with Gasteiger partial charge in [-0.1, -0.05) is 18.2 Å². The molecule has 34 heavy (non-hydrogen) atoms. The molecule has 2 aromatic carbocycles. The largest absolute Gasteiger partial charge is 0.453 e. The summed E-state index contributed by atoms with van der Waals surface area (Å²) in [6.07, 6.45) is 1.48. The fourth-order valence-corrected chi connectivity index (χ4v) is 5.32. The van der Waals surface area contributed by atoms with E-state index in [4.69, 9.17) is 0 Å². The standard InChI is InChI=1S/C24H30FN3O5S/c1-15-4-13-21(14-22(15)27-24(30)33-3)34(31,32)28-20-11-7-18(8-12-20)23(29)26-16(2)17-5-9-19(25)10-6-17/h4-6,9-10,13-14,16,18,20,28H,7-8,11-12H2,1-3H3,(H,26,29)(H,27,30)/t16-,18?,20?/m1/s1. The minimum atomic E-state index is -3.81. The molecule has 3 N–H and O–H groups in total. The quantitative estimate of drug-likeness (QED) is 0.541. The van der Waals surface area contributed by atoms with E-state index in [2.05, 4.69) is 20.1 Å². The first kappa shape index (κ1) is 25.6. The molecule has 10 heteroatoms. The van der Waals surface area contributed by atoms with Gasteiger partial charge in [-0.15, -0.1) is 0 Å². The molecule has 1 aliphatic carbocycles. The zero-order chi connectivity index (χ0) is 24.9. The van der Waals surface area contributed by atoms with Gasteiger partial charge < -0.3 is 10.1 Å². The summed E-state index contributed by atoms with van der Waals surface area (Å²) >= 11 is 0. The summed E-state index contributed by atoms with van der Waals surface area (Å²) in [4.78, 5) is 24.2. The molecule has 0 bridgehead atoms. The van der Waals surface area contributed by atoms with Crippen LogP contribution >= 0.6 is 0 Å². The number of halogens is 1. The van der Waals surface area contributed by atoms with Crippen LogP contribution in [0.15, 0.2) is 47.4 Å². The Morgan fingerprint density at radius 1 is 1.06 bits per heavy atom. The van der Waals surface area contributed by atoms with Gasteiger partial charge in [0.1, 0.15) is 5.82 Å². The summed E-state index contributed by atoms with van der Waals surface area (Å²) < 4.78 is 46.2. The van der Waals surface area contributed by atoms with Crippen molar-refractivity contribution in [3.05, 3.63) is 59.4 Å². The number of nitrogens with one attached hydrogen (secondary N) is 3. The average molecular weight is 492 g/mol. The zero-order valence-electron chi connectivity index (χ0n) is 19.4. The van der Waals surface area contributed by atoms with Gasteiger partial charge in [0.2, 0.25) is 15.9 Å². The number of methoxy groups -OCH3 is 1. The maximum atomic E-state index is 13.1. The monoisotopic (exact) mass is 491 g/mol. The molecule has 0 spiro atoms. The van der Waals surface area contributed by atoms with E-state index in [1.165, 1.54) is 31.4 Å². The van der Waals surface area contributed by atoms with Gasteiger partial charge in [-0.3, -0.25) is 10.1 Å². The summed E-state index contributed by atoms with van der Waals surface area (Å²) in [5.74, 6) is -0.626. The van der Waals surface area contributed by atoms with Crippen molar-refractivity contribution in [1.82, 2.24) is 10.0 Å². The van der Waals surface area contributed by atoms with Crippen molar-refractivity contribution < 1.29 is 27.1 Å². The van der Waals surface area contributed by atoms with Gasteiger partial charge in [0.05, 0.1) is 18.0 Å². The van der Waals surface area contributed by atoms with Crippen molar-refractivity contribution in [3.8, 4) is 0 Å². The molecule has 2 amide bonds. The molecule has 0 aromatic heterocycles. The van der Waals surface area contributed by atoms with Gasteiger partial charge in [-0.2, -0.15) is 0 Å². The molecule has 1 atom stereocenters. The molecule has 1 fully saturated rings. The van der Waals surface area contributed by atoms with Crippen LogP contribution in [0.2, 0.25) is 0 Å². The first-order valence-corrected chi connectivity index (χ1v) is 12.6. The molecule has 184 valence electrons. The number of amides is 2. The average Bonchev–Trinajstić information content (AvgIpc) is 2.80. The molecule has 1 aliphatic rings. The Balaban J connectivity index is 1.56. The molecule has 8 nitrogen and oxygen atoms in total. The molecule has 0 heterocycles. The highest BCUT2D eigenvalue weighted by molar-refractivity contribution is 7.89. The predicted molar refractivity (Wildman–Crippen MR) is 126 cm³/mol. The van der Waals surface area contributed by atoms with Gasteiger partial charge in [-0.25, -0.2) is 22.3 Å². The number of benzene rings is 2. The third kappa shape index (κ3) is 6.54. The highest BCUT2D eigenvalue weighted by Crippen LogP contribution is 2.27. The minimum Gasteiger partial charge on any atom is -0.453 e. The van der Waals surface area contributed by atoms with E-state index < -0.39 is 16.1 Å². The summed E-state index contributed by atoms with van der Waals surface area (Å²) in [6.45, 7) is 3.59. The second kappa shape index (κ2) is 11.0. The third-order valence-corrected chi connectivity index (χ3v) is 7.61. The molecule has 0 radical (unpaired) electrons. The number of hydrogen-bond donors (Lipinski definition) is 3. The number of hydrogen-bond acceptors (Lipinski definition) is 5. The Kier molecular flexibility index (Phi) is 8.27. The Hall–Kier alpha value is -2.98. The number of rotatable bonds is 7. The molecule has 2 aromatic rings. The molecule has 3 rings (SSSR count). The van der Waals surface area contributed by atoms with Crippen LogP contribution in [0.1, 0.15) is 49.8 Å². The van der Waals surface area contributed by atoms with Gasteiger partial charge in [0, 0.05) is 17.6 Å². The van der Waals surface area contributed by atoms with Crippen LogP contribution in [0.5, 0.6) is 0 Å². The Labute approximate surface area is 199 Å².